The van der Waals surface area contributed by atoms with Crippen molar-refractivity contribution in [3.8, 4) is 0 Å². The van der Waals surface area contributed by atoms with E-state index in [4.69, 9.17) is 11.6 Å². The summed E-state index contributed by atoms with van der Waals surface area (Å²) in [5, 5.41) is 0. The van der Waals surface area contributed by atoms with Crippen molar-refractivity contribution in [1.29, 1.82) is 0 Å². The molecule has 0 saturated carbocycles. The largest absolute Gasteiger partial charge is 0.250 e. The van der Waals surface area contributed by atoms with E-state index in [-0.39, 0.29) is 15.6 Å². The highest BCUT2D eigenvalue weighted by atomic mass is 35.5. The Balaban J connectivity index is 2.17. The number of benzene rings is 1. The Morgan fingerprint density at radius 1 is 1.09 bits per heavy atom. The first-order chi connectivity index (χ1) is 10.2. The minimum Gasteiger partial charge on any atom is -0.214 e. The van der Waals surface area contributed by atoms with Gasteiger partial charge in [-0.3, -0.25) is 0 Å². The van der Waals surface area contributed by atoms with Crippen LogP contribution in [0.4, 0.5) is 0 Å². The molecule has 0 radical (unpaired) electrons. The van der Waals surface area contributed by atoms with Gasteiger partial charge in [0.2, 0.25) is 20.0 Å². The van der Waals surface area contributed by atoms with Crippen LogP contribution in [0.15, 0.2) is 45.5 Å². The van der Waals surface area contributed by atoms with Crippen molar-refractivity contribution in [2.75, 3.05) is 7.05 Å². The molecule has 0 saturated heterocycles. The Morgan fingerprint density at radius 3 is 2.41 bits per heavy atom. The molecule has 0 unspecified atom stereocenters. The Morgan fingerprint density at radius 2 is 1.82 bits per heavy atom. The number of sulfonamides is 2. The van der Waals surface area contributed by atoms with Gasteiger partial charge in [0.05, 0.1) is 9.23 Å². The first-order valence-electron chi connectivity index (χ1n) is 6.02. The van der Waals surface area contributed by atoms with E-state index in [1.54, 1.807) is 12.1 Å². The smallest absolute Gasteiger partial charge is 0.214 e. The van der Waals surface area contributed by atoms with Gasteiger partial charge in [-0.15, -0.1) is 11.3 Å². The average molecular weight is 381 g/mol. The summed E-state index contributed by atoms with van der Waals surface area (Å²) in [4.78, 5) is 0.0749. The lowest BCUT2D eigenvalue weighted by atomic mass is 10.2. The Bertz CT molecular complexity index is 875. The third-order valence-corrected chi connectivity index (χ3v) is 7.29. The zero-order valence-electron chi connectivity index (χ0n) is 11.4. The van der Waals surface area contributed by atoms with Crippen molar-refractivity contribution in [2.24, 2.45) is 0 Å². The van der Waals surface area contributed by atoms with Gasteiger partial charge in [-0.2, -0.15) is 0 Å². The maximum atomic E-state index is 12.1. The first kappa shape index (κ1) is 17.4. The fraction of sp³-hybridized carbons (Fsp3) is 0.167. The van der Waals surface area contributed by atoms with Gasteiger partial charge in [0, 0.05) is 6.54 Å². The quantitative estimate of drug-likeness (QED) is 0.799. The molecule has 1 aromatic heterocycles. The molecule has 2 aromatic rings. The second kappa shape index (κ2) is 6.65. The average Bonchev–Trinajstić information content (AvgIpc) is 2.93. The van der Waals surface area contributed by atoms with Crippen LogP contribution >= 0.6 is 22.9 Å². The summed E-state index contributed by atoms with van der Waals surface area (Å²) in [5.74, 6) is 0. The van der Waals surface area contributed by atoms with E-state index in [9.17, 15) is 16.8 Å². The highest BCUT2D eigenvalue weighted by Crippen LogP contribution is 2.25. The zero-order chi connectivity index (χ0) is 16.4. The van der Waals surface area contributed by atoms with Crippen LogP contribution in [0.1, 0.15) is 5.56 Å². The molecule has 0 fully saturated rings. The second-order valence-corrected chi connectivity index (χ2v) is 9.83. The molecule has 1 aromatic carbocycles. The summed E-state index contributed by atoms with van der Waals surface area (Å²) in [6, 6.07) is 8.95. The number of hydrogen-bond donors (Lipinski definition) is 2. The summed E-state index contributed by atoms with van der Waals surface area (Å²) >= 11 is 6.67. The molecule has 0 bridgehead atoms. The van der Waals surface area contributed by atoms with Crippen molar-refractivity contribution in [1.82, 2.24) is 9.44 Å². The maximum Gasteiger partial charge on any atom is 0.250 e. The topological polar surface area (TPSA) is 92.3 Å². The lowest BCUT2D eigenvalue weighted by Crippen LogP contribution is -2.23. The van der Waals surface area contributed by atoms with E-state index in [1.165, 1.54) is 31.3 Å². The van der Waals surface area contributed by atoms with Gasteiger partial charge in [-0.25, -0.2) is 26.3 Å². The Labute approximate surface area is 138 Å². The molecule has 0 aliphatic heterocycles. The molecule has 6 nitrogen and oxygen atoms in total. The summed E-state index contributed by atoms with van der Waals surface area (Å²) in [5.41, 5.74) is 0.530. The van der Waals surface area contributed by atoms with Gasteiger partial charge in [0.25, 0.3) is 0 Å². The molecule has 2 rings (SSSR count). The first-order valence-corrected chi connectivity index (χ1v) is 10.2. The van der Waals surface area contributed by atoms with E-state index in [1.807, 2.05) is 0 Å². The highest BCUT2D eigenvalue weighted by molar-refractivity contribution is 7.91. The van der Waals surface area contributed by atoms with E-state index < -0.39 is 20.0 Å². The molecule has 0 aliphatic rings. The molecular weight excluding hydrogens is 368 g/mol. The van der Waals surface area contributed by atoms with Crippen LogP contribution in [0.5, 0.6) is 0 Å². The summed E-state index contributed by atoms with van der Waals surface area (Å²) < 4.78 is 52.7. The monoisotopic (exact) mass is 380 g/mol. The van der Waals surface area contributed by atoms with Gasteiger partial charge < -0.3 is 0 Å². The van der Waals surface area contributed by atoms with E-state index in [0.29, 0.717) is 9.90 Å². The van der Waals surface area contributed by atoms with Gasteiger partial charge in [-0.05, 0) is 36.9 Å². The molecule has 2 N–H and O–H groups in total. The number of hydrogen-bond acceptors (Lipinski definition) is 5. The van der Waals surface area contributed by atoms with Gasteiger partial charge in [-0.1, -0.05) is 23.7 Å². The van der Waals surface area contributed by atoms with Crippen molar-refractivity contribution >= 4 is 43.0 Å². The van der Waals surface area contributed by atoms with E-state index in [0.717, 1.165) is 11.3 Å². The van der Waals surface area contributed by atoms with Crippen LogP contribution < -0.4 is 9.44 Å². The van der Waals surface area contributed by atoms with Crippen LogP contribution in [0.3, 0.4) is 0 Å². The molecule has 120 valence electrons. The van der Waals surface area contributed by atoms with Crippen LogP contribution in [-0.4, -0.2) is 23.9 Å². The predicted octanol–water partition coefficient (Wildman–Crippen LogP) is 1.79. The maximum absolute atomic E-state index is 12.1. The summed E-state index contributed by atoms with van der Waals surface area (Å²) in [7, 11) is -5.93. The number of thiophene rings is 1. The molecule has 0 spiro atoms. The molecule has 0 amide bonds. The SMILES string of the molecule is CNS(=O)(=O)c1cccc(CNS(=O)(=O)c2ccc(Cl)s2)c1. The third kappa shape index (κ3) is 4.06. The third-order valence-electron chi connectivity index (χ3n) is 2.76. The minimum absolute atomic E-state index is 0.0229. The van der Waals surface area contributed by atoms with E-state index >= 15 is 0 Å². The number of nitrogens with one attached hydrogen (secondary N) is 2. The number of halogens is 1. The second-order valence-electron chi connectivity index (χ2n) is 4.24. The van der Waals surface area contributed by atoms with Crippen LogP contribution in [0.25, 0.3) is 0 Å². The van der Waals surface area contributed by atoms with Crippen molar-refractivity contribution in [2.45, 2.75) is 15.6 Å². The molecule has 1 heterocycles. The molecule has 0 aliphatic carbocycles. The molecule has 0 atom stereocenters. The highest BCUT2D eigenvalue weighted by Gasteiger charge is 2.17. The van der Waals surface area contributed by atoms with Crippen molar-refractivity contribution < 1.29 is 16.8 Å². The van der Waals surface area contributed by atoms with Crippen LogP contribution in [-0.2, 0) is 26.6 Å². The predicted molar refractivity (Wildman–Crippen MR) is 86.0 cm³/mol. The fourth-order valence-corrected chi connectivity index (χ4v) is 4.98. The number of rotatable bonds is 6. The van der Waals surface area contributed by atoms with E-state index in [2.05, 4.69) is 9.44 Å². The van der Waals surface area contributed by atoms with Crippen LogP contribution in [0.2, 0.25) is 4.34 Å². The fourth-order valence-electron chi connectivity index (χ4n) is 1.63. The zero-order valence-corrected chi connectivity index (χ0v) is 14.6. The Kier molecular flexibility index (Phi) is 5.25. The normalized spacial score (nSPS) is 12.5. The summed E-state index contributed by atoms with van der Waals surface area (Å²) in [6.07, 6.45) is 0. The van der Waals surface area contributed by atoms with Crippen molar-refractivity contribution in [3.05, 3.63) is 46.3 Å². The molecule has 10 heteroatoms. The van der Waals surface area contributed by atoms with Gasteiger partial charge in [0.15, 0.2) is 0 Å². The molecular formula is C12H13ClN2O4S3. The minimum atomic E-state index is -3.67. The lowest BCUT2D eigenvalue weighted by molar-refractivity contribution is 0.583. The molecule has 22 heavy (non-hydrogen) atoms. The Hall–Kier alpha value is -0.970. The van der Waals surface area contributed by atoms with Crippen LogP contribution in [0, 0.1) is 0 Å². The standard InChI is InChI=1S/C12H13ClN2O4S3/c1-14-21(16,17)10-4-2-3-9(7-10)8-15-22(18,19)12-6-5-11(13)20-12/h2-7,14-15H,8H2,1H3. The summed E-state index contributed by atoms with van der Waals surface area (Å²) in [6.45, 7) is -0.0229. The lowest BCUT2D eigenvalue weighted by Gasteiger charge is -2.07. The van der Waals surface area contributed by atoms with Crippen molar-refractivity contribution in [3.63, 3.8) is 0 Å². The van der Waals surface area contributed by atoms with Gasteiger partial charge in [0.1, 0.15) is 4.21 Å². The van der Waals surface area contributed by atoms with Gasteiger partial charge >= 0.3 is 0 Å².